The van der Waals surface area contributed by atoms with Crippen molar-refractivity contribution in [1.29, 1.82) is 0 Å². The van der Waals surface area contributed by atoms with Gasteiger partial charge in [-0.05, 0) is 25.5 Å². The molecule has 0 amide bonds. The molecule has 5 nitrogen and oxygen atoms in total. The van der Waals surface area contributed by atoms with Gasteiger partial charge in [0.2, 0.25) is 0 Å². The zero-order chi connectivity index (χ0) is 14.4. The van der Waals surface area contributed by atoms with Crippen molar-refractivity contribution in [2.75, 3.05) is 6.66 Å². The third kappa shape index (κ3) is 5.37. The van der Waals surface area contributed by atoms with Crippen molar-refractivity contribution >= 4 is 13.9 Å². The van der Waals surface area contributed by atoms with Crippen LogP contribution in [0.5, 0.6) is 5.75 Å². The summed E-state index contributed by atoms with van der Waals surface area (Å²) in [7, 11) is -1.69. The Labute approximate surface area is 113 Å². The minimum Gasteiger partial charge on any atom is -0.508 e. The second kappa shape index (κ2) is 7.22. The molecule has 0 saturated heterocycles. The van der Waals surface area contributed by atoms with Gasteiger partial charge in [0.1, 0.15) is 5.75 Å². The zero-order valence-electron chi connectivity index (χ0n) is 11.3. The molecule has 0 aliphatic rings. The monoisotopic (exact) mass is 284 g/mol. The average Bonchev–Trinajstić information content (AvgIpc) is 2.29. The second-order valence-corrected chi connectivity index (χ2v) is 5.75. The molecular formula is C13H19NO4P+. The minimum absolute atomic E-state index is 0.109. The van der Waals surface area contributed by atoms with Crippen LogP contribution in [0.3, 0.4) is 0 Å². The van der Waals surface area contributed by atoms with Crippen LogP contribution in [0, 0.1) is 0 Å². The summed E-state index contributed by atoms with van der Waals surface area (Å²) in [5.41, 5.74) is 0.609. The first-order chi connectivity index (χ1) is 8.90. The van der Waals surface area contributed by atoms with E-state index in [4.69, 9.17) is 4.74 Å². The number of carbonyl (C=O) groups excluding carboxylic acids is 1. The van der Waals surface area contributed by atoms with Gasteiger partial charge in [-0.3, -0.25) is 4.79 Å². The van der Waals surface area contributed by atoms with E-state index in [0.717, 1.165) is 0 Å². The number of phenols is 1. The van der Waals surface area contributed by atoms with Gasteiger partial charge in [0, 0.05) is 6.42 Å². The van der Waals surface area contributed by atoms with Crippen molar-refractivity contribution in [3.05, 3.63) is 29.8 Å². The van der Waals surface area contributed by atoms with Crippen molar-refractivity contribution in [3.8, 4) is 5.75 Å². The van der Waals surface area contributed by atoms with Crippen molar-refractivity contribution < 1.29 is 19.2 Å². The fraction of sp³-hybridized carbons (Fsp3) is 0.462. The molecule has 2 N–H and O–H groups in total. The Hall–Kier alpha value is -1.45. The molecule has 104 valence electrons. The van der Waals surface area contributed by atoms with Crippen molar-refractivity contribution in [2.24, 2.45) is 0 Å². The Kier molecular flexibility index (Phi) is 5.93. The molecular weight excluding hydrogens is 265 g/mol. The number of benzene rings is 1. The Morgan fingerprint density at radius 1 is 1.42 bits per heavy atom. The number of esters is 1. The first kappa shape index (κ1) is 15.6. The number of phenolic OH excluding ortho intramolecular Hbond substituents is 1. The molecule has 0 bridgehead atoms. The van der Waals surface area contributed by atoms with Gasteiger partial charge < -0.3 is 9.84 Å². The summed E-state index contributed by atoms with van der Waals surface area (Å²) in [6.45, 7) is 4.98. The number of carbonyl (C=O) groups is 1. The lowest BCUT2D eigenvalue weighted by Gasteiger charge is -2.15. The van der Waals surface area contributed by atoms with Crippen LogP contribution < -0.4 is 5.09 Å². The van der Waals surface area contributed by atoms with Gasteiger partial charge in [0.15, 0.2) is 12.7 Å². The Balaban J connectivity index is 2.83. The molecule has 0 aliphatic carbocycles. The zero-order valence-corrected chi connectivity index (χ0v) is 12.2. The van der Waals surface area contributed by atoms with Gasteiger partial charge in [0.25, 0.3) is 0 Å². The molecule has 2 unspecified atom stereocenters. The minimum atomic E-state index is -1.69. The van der Waals surface area contributed by atoms with E-state index < -0.39 is 20.0 Å². The molecule has 0 aliphatic heterocycles. The number of hydrogen-bond donors (Lipinski definition) is 2. The van der Waals surface area contributed by atoms with Gasteiger partial charge >= 0.3 is 13.9 Å². The Morgan fingerprint density at radius 3 is 2.58 bits per heavy atom. The van der Waals surface area contributed by atoms with Crippen LogP contribution in [0.15, 0.2) is 24.3 Å². The molecule has 2 atom stereocenters. The lowest BCUT2D eigenvalue weighted by Crippen LogP contribution is -2.37. The van der Waals surface area contributed by atoms with Crippen LogP contribution in [0.2, 0.25) is 0 Å². The van der Waals surface area contributed by atoms with Crippen molar-refractivity contribution in [2.45, 2.75) is 32.4 Å². The number of para-hydroxylation sites is 1. The maximum atomic E-state index is 11.9. The highest BCUT2D eigenvalue weighted by atomic mass is 31.1. The molecule has 0 saturated carbocycles. The number of hydrogen-bond acceptors (Lipinski definition) is 4. The van der Waals surface area contributed by atoms with E-state index in [1.54, 1.807) is 38.1 Å². The van der Waals surface area contributed by atoms with E-state index in [0.29, 0.717) is 5.56 Å². The van der Waals surface area contributed by atoms with E-state index in [1.165, 1.54) is 6.66 Å². The van der Waals surface area contributed by atoms with Crippen LogP contribution >= 0.6 is 7.95 Å². The Bertz CT molecular complexity index is 462. The first-order valence-corrected chi connectivity index (χ1v) is 7.75. The third-order valence-corrected chi connectivity index (χ3v) is 3.06. The number of aromatic hydroxyl groups is 1. The lowest BCUT2D eigenvalue weighted by molar-refractivity contribution is -0.149. The summed E-state index contributed by atoms with van der Waals surface area (Å²) in [4.78, 5) is 11.9. The quantitative estimate of drug-likeness (QED) is 0.619. The fourth-order valence-electron chi connectivity index (χ4n) is 1.62. The highest BCUT2D eigenvalue weighted by molar-refractivity contribution is 7.41. The molecule has 1 aromatic carbocycles. The van der Waals surface area contributed by atoms with E-state index in [9.17, 15) is 14.5 Å². The van der Waals surface area contributed by atoms with E-state index in [2.05, 4.69) is 5.09 Å². The molecule has 1 rings (SSSR count). The number of ether oxygens (including phenoxy) is 1. The average molecular weight is 284 g/mol. The molecule has 0 radical (unpaired) electrons. The number of rotatable bonds is 6. The standard InChI is InChI=1S/C13H18NO4P/c1-9(2)18-13(16)11(14-19(3)17)8-10-6-4-5-7-12(10)15/h4-7,9,11H,8H2,1-3H3,(H-,14,15,17)/p+1. The molecule has 6 heteroatoms. The van der Waals surface area contributed by atoms with Gasteiger partial charge in [-0.25, -0.2) is 0 Å². The highest BCUT2D eigenvalue weighted by Gasteiger charge is 2.28. The van der Waals surface area contributed by atoms with Crippen molar-refractivity contribution in [1.82, 2.24) is 5.09 Å². The summed E-state index contributed by atoms with van der Waals surface area (Å²) in [6, 6.07) is 6.01. The smallest absolute Gasteiger partial charge is 0.429 e. The van der Waals surface area contributed by atoms with E-state index in [-0.39, 0.29) is 18.3 Å². The normalized spacial score (nSPS) is 13.2. The van der Waals surface area contributed by atoms with Crippen molar-refractivity contribution in [3.63, 3.8) is 0 Å². The van der Waals surface area contributed by atoms with Gasteiger partial charge in [-0.1, -0.05) is 27.9 Å². The molecule has 1 aromatic rings. The largest absolute Gasteiger partial charge is 0.508 e. The predicted molar refractivity (Wildman–Crippen MR) is 73.5 cm³/mol. The highest BCUT2D eigenvalue weighted by Crippen LogP contribution is 2.20. The van der Waals surface area contributed by atoms with Crippen LogP contribution in [0.4, 0.5) is 0 Å². The topological polar surface area (TPSA) is 75.6 Å². The summed E-state index contributed by atoms with van der Waals surface area (Å²) < 4.78 is 16.4. The molecule has 0 fully saturated rings. The molecule has 0 spiro atoms. The summed E-state index contributed by atoms with van der Waals surface area (Å²) in [6.07, 6.45) is -0.0106. The Morgan fingerprint density at radius 2 is 2.05 bits per heavy atom. The van der Waals surface area contributed by atoms with E-state index in [1.807, 2.05) is 0 Å². The lowest BCUT2D eigenvalue weighted by atomic mass is 10.1. The molecule has 19 heavy (non-hydrogen) atoms. The van der Waals surface area contributed by atoms with E-state index >= 15 is 0 Å². The first-order valence-electron chi connectivity index (χ1n) is 6.04. The molecule has 0 aromatic heterocycles. The predicted octanol–water partition coefficient (Wildman–Crippen LogP) is 2.22. The number of nitrogens with one attached hydrogen (secondary N) is 1. The SMILES string of the molecule is CC(C)OC(=O)C(Cc1ccccc1O)N[P+](C)=O. The van der Waals surface area contributed by atoms with Gasteiger partial charge in [-0.2, -0.15) is 0 Å². The van der Waals surface area contributed by atoms with Crippen LogP contribution in [0.1, 0.15) is 19.4 Å². The summed E-state index contributed by atoms with van der Waals surface area (Å²) in [5, 5.41) is 12.4. The van der Waals surface area contributed by atoms with Gasteiger partial charge in [0.05, 0.1) is 6.10 Å². The third-order valence-electron chi connectivity index (χ3n) is 2.39. The maximum absolute atomic E-state index is 11.9. The maximum Gasteiger partial charge on any atom is 0.429 e. The second-order valence-electron chi connectivity index (χ2n) is 4.50. The van der Waals surface area contributed by atoms with Crippen LogP contribution in [0.25, 0.3) is 0 Å². The van der Waals surface area contributed by atoms with Crippen LogP contribution in [-0.2, 0) is 20.5 Å². The fourth-order valence-corrected chi connectivity index (χ4v) is 2.25. The van der Waals surface area contributed by atoms with Crippen LogP contribution in [-0.4, -0.2) is 29.9 Å². The summed E-state index contributed by atoms with van der Waals surface area (Å²) >= 11 is 0. The molecule has 0 heterocycles. The van der Waals surface area contributed by atoms with Gasteiger partial charge in [-0.15, -0.1) is 0 Å². The summed E-state index contributed by atoms with van der Waals surface area (Å²) in [5.74, 6) is -0.360.